The largest absolute Gasteiger partial charge is 0.462 e. The monoisotopic (exact) mass is 519 g/mol. The summed E-state index contributed by atoms with van der Waals surface area (Å²) < 4.78 is 5.80. The SMILES string of the molecule is CC(=O)O[C@H]1CCC2(C)C(CCC3(C)C4CCC5(C(=O)NCc6ccccc6)CCCC5C4CCC32)C1C. The molecule has 5 aliphatic rings. The van der Waals surface area contributed by atoms with E-state index in [1.807, 2.05) is 6.07 Å². The lowest BCUT2D eigenvalue weighted by atomic mass is 9.37. The van der Waals surface area contributed by atoms with Crippen LogP contribution in [-0.2, 0) is 20.9 Å². The molecule has 0 heterocycles. The summed E-state index contributed by atoms with van der Waals surface area (Å²) in [5.41, 5.74) is 1.76. The van der Waals surface area contributed by atoms with Gasteiger partial charge in [-0.3, -0.25) is 9.59 Å². The Bertz CT molecular complexity index is 1060. The van der Waals surface area contributed by atoms with Crippen molar-refractivity contribution in [3.63, 3.8) is 0 Å². The predicted molar refractivity (Wildman–Crippen MR) is 150 cm³/mol. The van der Waals surface area contributed by atoms with E-state index in [2.05, 4.69) is 50.4 Å². The summed E-state index contributed by atoms with van der Waals surface area (Å²) in [6, 6.07) is 10.4. The number of rotatable bonds is 4. The molecular weight excluding hydrogens is 470 g/mol. The highest BCUT2D eigenvalue weighted by Crippen LogP contribution is 2.71. The first-order valence-corrected chi connectivity index (χ1v) is 15.7. The molecule has 0 aliphatic heterocycles. The zero-order chi connectivity index (χ0) is 26.7. The fraction of sp³-hybridized carbons (Fsp3) is 0.765. The predicted octanol–water partition coefficient (Wildman–Crippen LogP) is 7.31. The number of hydrogen-bond acceptors (Lipinski definition) is 3. The number of esters is 1. The summed E-state index contributed by atoms with van der Waals surface area (Å²) in [5.74, 6) is 4.05. The average Bonchev–Trinajstić information content (AvgIpc) is 3.35. The Morgan fingerprint density at radius 1 is 0.868 bits per heavy atom. The van der Waals surface area contributed by atoms with Gasteiger partial charge in [-0.1, -0.05) is 57.5 Å². The highest BCUT2D eigenvalue weighted by Gasteiger charge is 2.65. The number of hydrogen-bond donors (Lipinski definition) is 1. The molecule has 1 aromatic carbocycles. The van der Waals surface area contributed by atoms with Crippen molar-refractivity contribution in [3.8, 4) is 0 Å². The molecule has 5 saturated carbocycles. The Morgan fingerprint density at radius 2 is 1.58 bits per heavy atom. The van der Waals surface area contributed by atoms with Crippen molar-refractivity contribution in [1.29, 1.82) is 0 Å². The quantitative estimate of drug-likeness (QED) is 0.424. The van der Waals surface area contributed by atoms with Crippen LogP contribution in [0.4, 0.5) is 0 Å². The third-order valence-corrected chi connectivity index (χ3v) is 13.1. The van der Waals surface area contributed by atoms with Crippen LogP contribution in [0.2, 0.25) is 0 Å². The number of amides is 1. The molecule has 6 rings (SSSR count). The molecule has 0 saturated heterocycles. The van der Waals surface area contributed by atoms with Gasteiger partial charge in [0.25, 0.3) is 0 Å². The summed E-state index contributed by atoms with van der Waals surface area (Å²) >= 11 is 0. The minimum Gasteiger partial charge on any atom is -0.462 e. The molecule has 9 unspecified atom stereocenters. The highest BCUT2D eigenvalue weighted by molar-refractivity contribution is 5.83. The summed E-state index contributed by atoms with van der Waals surface area (Å²) in [6.45, 7) is 9.81. The average molecular weight is 520 g/mol. The number of benzene rings is 1. The van der Waals surface area contributed by atoms with E-state index in [9.17, 15) is 9.59 Å². The van der Waals surface area contributed by atoms with E-state index >= 15 is 0 Å². The minimum absolute atomic E-state index is 0.0921. The second-order valence-electron chi connectivity index (χ2n) is 14.5. The van der Waals surface area contributed by atoms with E-state index in [0.717, 1.165) is 31.1 Å². The molecule has 38 heavy (non-hydrogen) atoms. The number of carbonyl (C=O) groups is 2. The zero-order valence-electron chi connectivity index (χ0n) is 24.1. The first-order chi connectivity index (χ1) is 18.2. The van der Waals surface area contributed by atoms with Crippen molar-refractivity contribution in [2.24, 2.45) is 51.8 Å². The van der Waals surface area contributed by atoms with Gasteiger partial charge in [0.2, 0.25) is 5.91 Å². The van der Waals surface area contributed by atoms with Crippen molar-refractivity contribution in [2.75, 3.05) is 0 Å². The van der Waals surface area contributed by atoms with Crippen LogP contribution in [0.5, 0.6) is 0 Å². The molecular formula is C34H49NO3. The van der Waals surface area contributed by atoms with Gasteiger partial charge < -0.3 is 10.1 Å². The maximum Gasteiger partial charge on any atom is 0.302 e. The molecule has 0 radical (unpaired) electrons. The van der Waals surface area contributed by atoms with E-state index in [0.29, 0.717) is 47.0 Å². The van der Waals surface area contributed by atoms with Gasteiger partial charge in [0, 0.05) is 13.5 Å². The molecule has 10 atom stereocenters. The number of nitrogens with one attached hydrogen (secondary N) is 1. The maximum absolute atomic E-state index is 13.8. The molecule has 0 spiro atoms. The van der Waals surface area contributed by atoms with Gasteiger partial charge in [-0.05, 0) is 116 Å². The summed E-state index contributed by atoms with van der Waals surface area (Å²) in [7, 11) is 0. The third-order valence-electron chi connectivity index (χ3n) is 13.1. The summed E-state index contributed by atoms with van der Waals surface area (Å²) in [6.07, 6.45) is 13.3. The van der Waals surface area contributed by atoms with Crippen LogP contribution in [0.15, 0.2) is 30.3 Å². The number of ether oxygens (including phenoxy) is 1. The van der Waals surface area contributed by atoms with Crippen molar-refractivity contribution < 1.29 is 14.3 Å². The Morgan fingerprint density at radius 3 is 2.34 bits per heavy atom. The van der Waals surface area contributed by atoms with Crippen LogP contribution in [0.3, 0.4) is 0 Å². The summed E-state index contributed by atoms with van der Waals surface area (Å²) in [4.78, 5) is 25.6. The van der Waals surface area contributed by atoms with Gasteiger partial charge in [0.1, 0.15) is 6.10 Å². The van der Waals surface area contributed by atoms with Crippen molar-refractivity contribution in [3.05, 3.63) is 35.9 Å². The lowest BCUT2D eigenvalue weighted by Gasteiger charge is -2.67. The minimum atomic E-state index is -0.142. The van der Waals surface area contributed by atoms with Crippen LogP contribution in [0, 0.1) is 51.8 Å². The molecule has 1 N–H and O–H groups in total. The Balaban J connectivity index is 1.20. The topological polar surface area (TPSA) is 55.4 Å². The standard InChI is InChI=1S/C34H49NO3/c1-22-26-14-18-33(4)27-15-20-34(31(37)35-21-24-9-6-5-7-10-24)17-8-11-28(34)25(27)12-13-30(33)32(26,3)19-16-29(22)38-23(2)36/h5-7,9-10,22,25-30H,8,11-21H2,1-4H3,(H,35,37)/t22?,25?,26?,27?,28?,29-,30?,32?,33?,34?/m0/s1. The molecule has 208 valence electrons. The van der Waals surface area contributed by atoms with Gasteiger partial charge in [-0.2, -0.15) is 0 Å². The number of carbonyl (C=O) groups excluding carboxylic acids is 2. The molecule has 0 aromatic heterocycles. The van der Waals surface area contributed by atoms with Gasteiger partial charge in [-0.15, -0.1) is 0 Å². The van der Waals surface area contributed by atoms with Crippen LogP contribution >= 0.6 is 0 Å². The van der Waals surface area contributed by atoms with Gasteiger partial charge in [-0.25, -0.2) is 0 Å². The van der Waals surface area contributed by atoms with Crippen molar-refractivity contribution in [2.45, 2.75) is 111 Å². The van der Waals surface area contributed by atoms with E-state index < -0.39 is 0 Å². The van der Waals surface area contributed by atoms with Crippen LogP contribution < -0.4 is 5.32 Å². The maximum atomic E-state index is 13.8. The van der Waals surface area contributed by atoms with Crippen molar-refractivity contribution >= 4 is 11.9 Å². The van der Waals surface area contributed by atoms with Crippen LogP contribution in [0.25, 0.3) is 0 Å². The fourth-order valence-electron chi connectivity index (χ4n) is 11.5. The molecule has 5 fully saturated rings. The van der Waals surface area contributed by atoms with E-state index in [1.165, 1.54) is 56.9 Å². The fourth-order valence-corrected chi connectivity index (χ4v) is 11.5. The van der Waals surface area contributed by atoms with Crippen molar-refractivity contribution in [1.82, 2.24) is 5.32 Å². The smallest absolute Gasteiger partial charge is 0.302 e. The Kier molecular flexibility index (Phi) is 6.71. The molecule has 0 bridgehead atoms. The van der Waals surface area contributed by atoms with E-state index in [1.54, 1.807) is 6.92 Å². The highest BCUT2D eigenvalue weighted by atomic mass is 16.5. The zero-order valence-corrected chi connectivity index (χ0v) is 24.1. The van der Waals surface area contributed by atoms with Gasteiger partial charge in [0.05, 0.1) is 5.41 Å². The molecule has 1 amide bonds. The van der Waals surface area contributed by atoms with Crippen LogP contribution in [-0.4, -0.2) is 18.0 Å². The Labute approximate surface area is 230 Å². The van der Waals surface area contributed by atoms with Gasteiger partial charge >= 0.3 is 5.97 Å². The molecule has 1 aromatic rings. The second-order valence-corrected chi connectivity index (χ2v) is 14.5. The third kappa shape index (κ3) is 3.98. The first kappa shape index (κ1) is 26.4. The molecule has 4 heteroatoms. The van der Waals surface area contributed by atoms with Crippen LogP contribution in [0.1, 0.15) is 104 Å². The van der Waals surface area contributed by atoms with Gasteiger partial charge in [0.15, 0.2) is 0 Å². The molecule has 5 aliphatic carbocycles. The van der Waals surface area contributed by atoms with E-state index in [4.69, 9.17) is 4.74 Å². The first-order valence-electron chi connectivity index (χ1n) is 15.7. The lowest BCUT2D eigenvalue weighted by molar-refractivity contribution is -0.201. The number of fused-ring (bicyclic) bond motifs is 7. The second kappa shape index (κ2) is 9.66. The summed E-state index contributed by atoms with van der Waals surface area (Å²) in [5, 5.41) is 3.38. The van der Waals surface area contributed by atoms with E-state index in [-0.39, 0.29) is 17.5 Å². The Hall–Kier alpha value is -1.84. The molecule has 4 nitrogen and oxygen atoms in total. The normalized spacial score (nSPS) is 45.6. The lowest BCUT2D eigenvalue weighted by Crippen LogP contribution is -2.62.